The molecule has 0 aromatic carbocycles. The molecule has 0 aliphatic heterocycles. The maximum atomic E-state index is 12.4. The van der Waals surface area contributed by atoms with Crippen molar-refractivity contribution in [3.63, 3.8) is 0 Å². The SMILES string of the molecule is CCOCCOc1cncc([B-](F)(F)F)c1. The van der Waals surface area contributed by atoms with E-state index in [9.17, 15) is 12.9 Å². The zero-order valence-corrected chi connectivity index (χ0v) is 8.83. The third-order valence-electron chi connectivity index (χ3n) is 1.81. The average molecular weight is 234 g/mol. The fourth-order valence-corrected chi connectivity index (χ4v) is 1.06. The van der Waals surface area contributed by atoms with Crippen LogP contribution in [0.15, 0.2) is 18.5 Å². The van der Waals surface area contributed by atoms with Crippen LogP contribution >= 0.6 is 0 Å². The van der Waals surface area contributed by atoms with Crippen molar-refractivity contribution in [2.45, 2.75) is 6.92 Å². The standard InChI is InChI=1S/C9H12BF3NO2/c1-2-15-3-4-16-9-5-8(6-14-7-9)10(11,12)13/h5-7H,2-4H2,1H3/q-1. The molecule has 0 amide bonds. The van der Waals surface area contributed by atoms with Gasteiger partial charge in [-0.1, -0.05) is 5.46 Å². The summed E-state index contributed by atoms with van der Waals surface area (Å²) < 4.78 is 47.1. The Labute approximate surface area is 91.6 Å². The van der Waals surface area contributed by atoms with E-state index in [-0.39, 0.29) is 12.4 Å². The Morgan fingerprint density at radius 1 is 1.25 bits per heavy atom. The summed E-state index contributed by atoms with van der Waals surface area (Å²) in [5.74, 6) is 0.108. The number of hydrogen-bond donors (Lipinski definition) is 0. The van der Waals surface area contributed by atoms with Gasteiger partial charge in [-0.05, 0) is 13.0 Å². The van der Waals surface area contributed by atoms with Crippen molar-refractivity contribution in [3.8, 4) is 5.75 Å². The van der Waals surface area contributed by atoms with Crippen LogP contribution in [0, 0.1) is 0 Å². The van der Waals surface area contributed by atoms with Crippen LogP contribution < -0.4 is 10.2 Å². The molecule has 0 aliphatic rings. The third kappa shape index (κ3) is 4.10. The zero-order valence-electron chi connectivity index (χ0n) is 8.83. The predicted molar refractivity (Wildman–Crippen MR) is 54.9 cm³/mol. The van der Waals surface area contributed by atoms with Crippen LogP contribution in [0.1, 0.15) is 6.92 Å². The second-order valence-electron chi connectivity index (χ2n) is 3.07. The minimum absolute atomic E-state index is 0.108. The van der Waals surface area contributed by atoms with Gasteiger partial charge in [0, 0.05) is 12.8 Å². The smallest absolute Gasteiger partial charge is 0.490 e. The van der Waals surface area contributed by atoms with Gasteiger partial charge in [0.25, 0.3) is 0 Å². The van der Waals surface area contributed by atoms with E-state index in [1.165, 1.54) is 6.20 Å². The molecule has 0 radical (unpaired) electrons. The molecule has 1 aromatic heterocycles. The van der Waals surface area contributed by atoms with Crippen LogP contribution in [0.4, 0.5) is 12.9 Å². The Morgan fingerprint density at radius 2 is 2.00 bits per heavy atom. The second kappa shape index (κ2) is 5.74. The molecule has 16 heavy (non-hydrogen) atoms. The lowest BCUT2D eigenvalue weighted by Crippen LogP contribution is -2.34. The highest BCUT2D eigenvalue weighted by Gasteiger charge is 2.26. The van der Waals surface area contributed by atoms with Gasteiger partial charge in [-0.3, -0.25) is 4.98 Å². The van der Waals surface area contributed by atoms with E-state index in [1.54, 1.807) is 0 Å². The van der Waals surface area contributed by atoms with Crippen LogP contribution in [0.2, 0.25) is 0 Å². The van der Waals surface area contributed by atoms with Gasteiger partial charge < -0.3 is 22.4 Å². The summed E-state index contributed by atoms with van der Waals surface area (Å²) in [5, 5.41) is 0. The van der Waals surface area contributed by atoms with Crippen LogP contribution in [-0.2, 0) is 4.74 Å². The number of pyridine rings is 1. The van der Waals surface area contributed by atoms with E-state index >= 15 is 0 Å². The molecule has 1 rings (SSSR count). The Morgan fingerprint density at radius 3 is 2.62 bits per heavy atom. The van der Waals surface area contributed by atoms with Crippen molar-refractivity contribution in [2.75, 3.05) is 19.8 Å². The van der Waals surface area contributed by atoms with Gasteiger partial charge >= 0.3 is 6.98 Å². The molecular formula is C9H12BF3NO2-. The predicted octanol–water partition coefficient (Wildman–Crippen LogP) is 1.55. The normalized spacial score (nSPS) is 11.5. The molecule has 0 atom stereocenters. The molecule has 1 heterocycles. The van der Waals surface area contributed by atoms with Crippen LogP contribution in [-0.4, -0.2) is 31.8 Å². The largest absolute Gasteiger partial charge is 0.511 e. The van der Waals surface area contributed by atoms with E-state index in [4.69, 9.17) is 9.47 Å². The first-order valence-electron chi connectivity index (χ1n) is 4.89. The molecule has 0 fully saturated rings. The lowest BCUT2D eigenvalue weighted by Gasteiger charge is -2.15. The van der Waals surface area contributed by atoms with Crippen molar-refractivity contribution in [2.24, 2.45) is 0 Å². The van der Waals surface area contributed by atoms with Crippen molar-refractivity contribution in [1.29, 1.82) is 0 Å². The van der Waals surface area contributed by atoms with E-state index < -0.39 is 12.4 Å². The topological polar surface area (TPSA) is 31.4 Å². The first kappa shape index (κ1) is 12.8. The summed E-state index contributed by atoms with van der Waals surface area (Å²) in [7, 11) is 0. The van der Waals surface area contributed by atoms with Crippen LogP contribution in [0.3, 0.4) is 0 Å². The van der Waals surface area contributed by atoms with Crippen LogP contribution in [0.5, 0.6) is 5.75 Å². The summed E-state index contributed by atoms with van der Waals surface area (Å²) >= 11 is 0. The maximum Gasteiger partial charge on any atom is 0.511 e. The third-order valence-corrected chi connectivity index (χ3v) is 1.81. The molecule has 90 valence electrons. The fraction of sp³-hybridized carbons (Fsp3) is 0.444. The summed E-state index contributed by atoms with van der Waals surface area (Å²) in [4.78, 5) is 3.48. The molecule has 0 bridgehead atoms. The van der Waals surface area contributed by atoms with E-state index in [0.717, 1.165) is 12.3 Å². The lowest BCUT2D eigenvalue weighted by atomic mass is 9.81. The monoisotopic (exact) mass is 234 g/mol. The molecule has 1 aromatic rings. The molecule has 0 saturated heterocycles. The van der Waals surface area contributed by atoms with Gasteiger partial charge in [0.1, 0.15) is 12.4 Å². The molecule has 7 heteroatoms. The number of nitrogens with zero attached hydrogens (tertiary/aromatic N) is 1. The Bertz CT molecular complexity index is 333. The van der Waals surface area contributed by atoms with E-state index in [2.05, 4.69) is 4.98 Å². The molecule has 0 unspecified atom stereocenters. The lowest BCUT2D eigenvalue weighted by molar-refractivity contribution is 0.110. The maximum absolute atomic E-state index is 12.4. The number of hydrogen-bond acceptors (Lipinski definition) is 3. The number of halogens is 3. The molecular weight excluding hydrogens is 222 g/mol. The minimum atomic E-state index is -5.02. The van der Waals surface area contributed by atoms with Gasteiger partial charge in [-0.25, -0.2) is 0 Å². The van der Waals surface area contributed by atoms with Gasteiger partial charge in [0.2, 0.25) is 0 Å². The van der Waals surface area contributed by atoms with E-state index in [0.29, 0.717) is 13.2 Å². The summed E-state index contributed by atoms with van der Waals surface area (Å²) in [6, 6.07) is 0.943. The summed E-state index contributed by atoms with van der Waals surface area (Å²) in [5.41, 5.74) is -0.756. The second-order valence-corrected chi connectivity index (χ2v) is 3.07. The summed E-state index contributed by atoms with van der Waals surface area (Å²) in [6.07, 6.45) is 2.03. The van der Waals surface area contributed by atoms with E-state index in [1.807, 2.05) is 6.92 Å². The number of rotatable bonds is 6. The van der Waals surface area contributed by atoms with Crippen molar-refractivity contribution >= 4 is 12.4 Å². The first-order chi connectivity index (χ1) is 7.54. The van der Waals surface area contributed by atoms with Crippen LogP contribution in [0.25, 0.3) is 0 Å². The van der Waals surface area contributed by atoms with Gasteiger partial charge in [0.15, 0.2) is 0 Å². The summed E-state index contributed by atoms with van der Waals surface area (Å²) in [6.45, 7) is -2.09. The highest BCUT2D eigenvalue weighted by atomic mass is 19.4. The van der Waals surface area contributed by atoms with Gasteiger partial charge in [-0.2, -0.15) is 0 Å². The van der Waals surface area contributed by atoms with Crippen molar-refractivity contribution in [3.05, 3.63) is 18.5 Å². The Kier molecular flexibility index (Phi) is 4.60. The zero-order chi connectivity index (χ0) is 12.0. The van der Waals surface area contributed by atoms with Crippen molar-refractivity contribution in [1.82, 2.24) is 4.98 Å². The highest BCUT2D eigenvalue weighted by Crippen LogP contribution is 2.12. The molecule has 0 N–H and O–H groups in total. The molecule has 0 aliphatic carbocycles. The van der Waals surface area contributed by atoms with Gasteiger partial charge in [-0.15, -0.1) is 0 Å². The highest BCUT2D eigenvalue weighted by molar-refractivity contribution is 6.73. The molecule has 3 nitrogen and oxygen atoms in total. The molecule has 0 spiro atoms. The molecule has 0 saturated carbocycles. The fourth-order valence-electron chi connectivity index (χ4n) is 1.06. The quantitative estimate of drug-likeness (QED) is 0.552. The minimum Gasteiger partial charge on any atom is -0.490 e. The first-order valence-corrected chi connectivity index (χ1v) is 4.89. The van der Waals surface area contributed by atoms with Gasteiger partial charge in [0.05, 0.1) is 12.8 Å². The Hall–Kier alpha value is -1.24. The number of ether oxygens (including phenoxy) is 2. The average Bonchev–Trinajstić information content (AvgIpc) is 2.24. The number of aromatic nitrogens is 1. The Balaban J connectivity index is 2.54. The van der Waals surface area contributed by atoms with Crippen molar-refractivity contribution < 1.29 is 22.4 Å².